The Morgan fingerprint density at radius 3 is 3.13 bits per heavy atom. The summed E-state index contributed by atoms with van der Waals surface area (Å²) in [5.74, 6) is 0.998. The normalized spacial score (nSPS) is 14.6. The average Bonchev–Trinajstić information content (AvgIpc) is 2.86. The van der Waals surface area contributed by atoms with Crippen LogP contribution < -0.4 is 4.90 Å². The Labute approximate surface area is 86.5 Å². The lowest BCUT2D eigenvalue weighted by Crippen LogP contribution is -2.21. The Morgan fingerprint density at radius 2 is 2.33 bits per heavy atom. The van der Waals surface area contributed by atoms with Gasteiger partial charge in [-0.1, -0.05) is 10.3 Å². The van der Waals surface area contributed by atoms with E-state index in [0.29, 0.717) is 6.54 Å². The first kappa shape index (κ1) is 8.46. The molecule has 0 saturated carbocycles. The summed E-state index contributed by atoms with van der Waals surface area (Å²) in [4.78, 5) is 6.47. The Balaban J connectivity index is 1.84. The molecule has 6 heteroatoms. The molecule has 15 heavy (non-hydrogen) atoms. The van der Waals surface area contributed by atoms with Crippen molar-refractivity contribution in [3.05, 3.63) is 23.8 Å². The van der Waals surface area contributed by atoms with E-state index in [4.69, 9.17) is 0 Å². The lowest BCUT2D eigenvalue weighted by atomic mass is 10.3. The molecule has 0 spiro atoms. The van der Waals surface area contributed by atoms with Gasteiger partial charge in [-0.25, -0.2) is 9.61 Å². The molecule has 0 bridgehead atoms. The van der Waals surface area contributed by atoms with Crippen molar-refractivity contribution in [2.75, 3.05) is 11.4 Å². The zero-order valence-electron chi connectivity index (χ0n) is 8.42. The SMILES string of the molecule is Cc1nonc1CN1CCn2ccnc21. The van der Waals surface area contributed by atoms with Gasteiger partial charge in [0.2, 0.25) is 5.95 Å². The summed E-state index contributed by atoms with van der Waals surface area (Å²) in [6.07, 6.45) is 3.80. The van der Waals surface area contributed by atoms with Gasteiger partial charge in [0, 0.05) is 25.5 Å². The predicted octanol–water partition coefficient (Wildman–Crippen LogP) is 0.595. The molecule has 1 aliphatic heterocycles. The zero-order chi connectivity index (χ0) is 10.3. The van der Waals surface area contributed by atoms with Crippen molar-refractivity contribution in [1.82, 2.24) is 19.9 Å². The van der Waals surface area contributed by atoms with Gasteiger partial charge in [-0.2, -0.15) is 0 Å². The van der Waals surface area contributed by atoms with Crippen molar-refractivity contribution < 1.29 is 4.63 Å². The Hall–Kier alpha value is -1.85. The first-order chi connectivity index (χ1) is 7.34. The quantitative estimate of drug-likeness (QED) is 0.718. The van der Waals surface area contributed by atoms with Gasteiger partial charge in [-0.05, 0) is 6.92 Å². The van der Waals surface area contributed by atoms with Crippen LogP contribution in [0.3, 0.4) is 0 Å². The molecule has 2 aromatic heterocycles. The fourth-order valence-electron chi connectivity index (χ4n) is 1.81. The van der Waals surface area contributed by atoms with E-state index in [0.717, 1.165) is 30.4 Å². The van der Waals surface area contributed by atoms with E-state index in [1.165, 1.54) is 0 Å². The third kappa shape index (κ3) is 1.29. The van der Waals surface area contributed by atoms with E-state index in [2.05, 4.69) is 29.4 Å². The van der Waals surface area contributed by atoms with Gasteiger partial charge in [-0.15, -0.1) is 0 Å². The van der Waals surface area contributed by atoms with E-state index in [1.54, 1.807) is 0 Å². The first-order valence-electron chi connectivity index (χ1n) is 4.89. The number of aromatic nitrogens is 4. The van der Waals surface area contributed by atoms with E-state index in [1.807, 2.05) is 19.3 Å². The van der Waals surface area contributed by atoms with Crippen LogP contribution in [0.4, 0.5) is 5.95 Å². The molecule has 0 N–H and O–H groups in total. The minimum Gasteiger partial charge on any atom is -0.334 e. The third-order valence-corrected chi connectivity index (χ3v) is 2.67. The molecule has 0 atom stereocenters. The van der Waals surface area contributed by atoms with Crippen molar-refractivity contribution in [1.29, 1.82) is 0 Å². The number of fused-ring (bicyclic) bond motifs is 1. The number of imidazole rings is 1. The van der Waals surface area contributed by atoms with Crippen LogP contribution in [0.25, 0.3) is 0 Å². The smallest absolute Gasteiger partial charge is 0.205 e. The Bertz CT molecular complexity index is 474. The van der Waals surface area contributed by atoms with Crippen LogP contribution in [-0.4, -0.2) is 26.4 Å². The molecule has 0 unspecified atom stereocenters. The highest BCUT2D eigenvalue weighted by Crippen LogP contribution is 2.20. The fourth-order valence-corrected chi connectivity index (χ4v) is 1.81. The summed E-state index contributed by atoms with van der Waals surface area (Å²) in [5, 5.41) is 7.63. The second-order valence-electron chi connectivity index (χ2n) is 3.64. The Morgan fingerprint density at radius 1 is 1.40 bits per heavy atom. The van der Waals surface area contributed by atoms with Gasteiger partial charge in [0.1, 0.15) is 11.4 Å². The topological polar surface area (TPSA) is 60.0 Å². The molecule has 78 valence electrons. The van der Waals surface area contributed by atoms with Gasteiger partial charge in [0.25, 0.3) is 0 Å². The van der Waals surface area contributed by atoms with Crippen LogP contribution in [0.5, 0.6) is 0 Å². The number of nitrogens with zero attached hydrogens (tertiary/aromatic N) is 5. The molecule has 3 heterocycles. The van der Waals surface area contributed by atoms with Crippen LogP contribution in [0.15, 0.2) is 17.0 Å². The number of rotatable bonds is 2. The van der Waals surface area contributed by atoms with Crippen molar-refractivity contribution in [2.45, 2.75) is 20.0 Å². The highest BCUT2D eigenvalue weighted by molar-refractivity contribution is 5.36. The number of anilines is 1. The van der Waals surface area contributed by atoms with Crippen LogP contribution in [0.2, 0.25) is 0 Å². The standard InChI is InChI=1S/C9H11N5O/c1-7-8(12-15-11-7)6-14-5-4-13-3-2-10-9(13)14/h2-3H,4-6H2,1H3. The summed E-state index contributed by atoms with van der Waals surface area (Å²) in [6, 6.07) is 0. The summed E-state index contributed by atoms with van der Waals surface area (Å²) in [7, 11) is 0. The molecule has 0 saturated heterocycles. The molecular weight excluding hydrogens is 194 g/mol. The molecule has 0 amide bonds. The van der Waals surface area contributed by atoms with Gasteiger partial charge >= 0.3 is 0 Å². The molecule has 0 aromatic carbocycles. The lowest BCUT2D eigenvalue weighted by molar-refractivity contribution is 0.301. The summed E-state index contributed by atoms with van der Waals surface area (Å²) >= 11 is 0. The maximum Gasteiger partial charge on any atom is 0.205 e. The molecule has 0 radical (unpaired) electrons. The molecular formula is C9H11N5O. The minimum atomic E-state index is 0.715. The van der Waals surface area contributed by atoms with Crippen molar-refractivity contribution >= 4 is 5.95 Å². The van der Waals surface area contributed by atoms with E-state index >= 15 is 0 Å². The molecule has 2 aromatic rings. The molecule has 6 nitrogen and oxygen atoms in total. The van der Waals surface area contributed by atoms with Crippen LogP contribution in [-0.2, 0) is 13.1 Å². The van der Waals surface area contributed by atoms with Gasteiger partial charge in [-0.3, -0.25) is 0 Å². The number of hydrogen-bond donors (Lipinski definition) is 0. The van der Waals surface area contributed by atoms with Gasteiger partial charge in [0.05, 0.1) is 6.54 Å². The monoisotopic (exact) mass is 205 g/mol. The summed E-state index contributed by atoms with van der Waals surface area (Å²) < 4.78 is 6.80. The van der Waals surface area contributed by atoms with E-state index < -0.39 is 0 Å². The van der Waals surface area contributed by atoms with Crippen molar-refractivity contribution in [3.8, 4) is 0 Å². The number of aryl methyl sites for hydroxylation is 1. The van der Waals surface area contributed by atoms with Gasteiger partial charge in [0.15, 0.2) is 0 Å². The first-order valence-corrected chi connectivity index (χ1v) is 4.89. The average molecular weight is 205 g/mol. The molecule has 3 rings (SSSR count). The van der Waals surface area contributed by atoms with Crippen molar-refractivity contribution in [3.63, 3.8) is 0 Å². The zero-order valence-corrected chi connectivity index (χ0v) is 8.42. The fraction of sp³-hybridized carbons (Fsp3) is 0.444. The van der Waals surface area contributed by atoms with E-state index in [9.17, 15) is 0 Å². The Kier molecular flexibility index (Phi) is 1.74. The molecule has 0 aliphatic carbocycles. The van der Waals surface area contributed by atoms with Crippen LogP contribution >= 0.6 is 0 Å². The molecule has 0 fully saturated rings. The maximum atomic E-state index is 4.67. The molecule has 1 aliphatic rings. The summed E-state index contributed by atoms with van der Waals surface area (Å²) in [6.45, 7) is 4.57. The highest BCUT2D eigenvalue weighted by atomic mass is 16.6. The number of hydrogen-bond acceptors (Lipinski definition) is 5. The third-order valence-electron chi connectivity index (χ3n) is 2.67. The van der Waals surface area contributed by atoms with Crippen molar-refractivity contribution in [2.24, 2.45) is 0 Å². The minimum absolute atomic E-state index is 0.715. The second kappa shape index (κ2) is 3.08. The highest BCUT2D eigenvalue weighted by Gasteiger charge is 2.21. The van der Waals surface area contributed by atoms with Crippen LogP contribution in [0.1, 0.15) is 11.4 Å². The van der Waals surface area contributed by atoms with E-state index in [-0.39, 0.29) is 0 Å². The second-order valence-corrected chi connectivity index (χ2v) is 3.64. The summed E-state index contributed by atoms with van der Waals surface area (Å²) in [5.41, 5.74) is 1.73. The van der Waals surface area contributed by atoms with Crippen LogP contribution in [0, 0.1) is 6.92 Å². The predicted molar refractivity (Wildman–Crippen MR) is 52.3 cm³/mol. The maximum absolute atomic E-state index is 4.67. The van der Waals surface area contributed by atoms with Gasteiger partial charge < -0.3 is 9.47 Å². The lowest BCUT2D eigenvalue weighted by Gasteiger charge is -2.13. The largest absolute Gasteiger partial charge is 0.334 e.